The quantitative estimate of drug-likeness (QED) is 0.567. The van der Waals surface area contributed by atoms with E-state index in [1.54, 1.807) is 17.9 Å². The van der Waals surface area contributed by atoms with Gasteiger partial charge in [0.15, 0.2) is 0 Å². The fourth-order valence-corrected chi connectivity index (χ4v) is 0.765. The SMILES string of the molecule is Cn1cc(C(N)C(N)=O)cn1. The van der Waals surface area contributed by atoms with Gasteiger partial charge in [-0.05, 0) is 0 Å². The first-order valence-electron chi connectivity index (χ1n) is 3.14. The molecule has 1 aromatic heterocycles. The van der Waals surface area contributed by atoms with E-state index in [9.17, 15) is 4.79 Å². The molecule has 0 saturated heterocycles. The van der Waals surface area contributed by atoms with Crippen LogP contribution in [0, 0.1) is 0 Å². The molecule has 0 radical (unpaired) electrons. The van der Waals surface area contributed by atoms with Crippen molar-refractivity contribution < 1.29 is 4.79 Å². The maximum Gasteiger partial charge on any atom is 0.239 e. The maximum absolute atomic E-state index is 10.6. The van der Waals surface area contributed by atoms with Gasteiger partial charge in [-0.25, -0.2) is 0 Å². The molecular weight excluding hydrogens is 144 g/mol. The Balaban J connectivity index is 2.84. The maximum atomic E-state index is 10.6. The summed E-state index contributed by atoms with van der Waals surface area (Å²) in [5.74, 6) is -0.544. The molecular formula is C6H10N4O. The third-order valence-electron chi connectivity index (χ3n) is 1.39. The van der Waals surface area contributed by atoms with Crippen LogP contribution in [-0.4, -0.2) is 15.7 Å². The van der Waals surface area contributed by atoms with Gasteiger partial charge in [0.05, 0.1) is 6.20 Å². The second-order valence-corrected chi connectivity index (χ2v) is 2.33. The minimum atomic E-state index is -0.747. The van der Waals surface area contributed by atoms with Crippen molar-refractivity contribution >= 4 is 5.91 Å². The van der Waals surface area contributed by atoms with Gasteiger partial charge in [0.1, 0.15) is 6.04 Å². The van der Waals surface area contributed by atoms with Crippen molar-refractivity contribution in [2.24, 2.45) is 18.5 Å². The molecule has 0 aliphatic carbocycles. The van der Waals surface area contributed by atoms with Gasteiger partial charge in [0.25, 0.3) is 0 Å². The molecule has 0 fully saturated rings. The van der Waals surface area contributed by atoms with Gasteiger partial charge in [-0.1, -0.05) is 0 Å². The molecule has 1 heterocycles. The minimum absolute atomic E-state index is 0.544. The molecule has 0 aromatic carbocycles. The van der Waals surface area contributed by atoms with E-state index in [-0.39, 0.29) is 0 Å². The molecule has 1 atom stereocenters. The summed E-state index contributed by atoms with van der Waals surface area (Å²) < 4.78 is 1.57. The third kappa shape index (κ3) is 1.56. The third-order valence-corrected chi connectivity index (χ3v) is 1.39. The van der Waals surface area contributed by atoms with Crippen molar-refractivity contribution in [1.82, 2.24) is 9.78 Å². The molecule has 0 bridgehead atoms. The standard InChI is InChI=1S/C6H10N4O/c1-10-3-4(2-9-10)5(7)6(8)11/h2-3,5H,7H2,1H3,(H2,8,11). The summed E-state index contributed by atoms with van der Waals surface area (Å²) in [5, 5.41) is 3.85. The predicted molar refractivity (Wildman–Crippen MR) is 39.3 cm³/mol. The molecule has 1 aromatic rings. The van der Waals surface area contributed by atoms with Crippen molar-refractivity contribution in [3.8, 4) is 0 Å². The van der Waals surface area contributed by atoms with Gasteiger partial charge in [0, 0.05) is 18.8 Å². The number of nitrogens with two attached hydrogens (primary N) is 2. The normalized spacial score (nSPS) is 12.9. The number of carbonyl (C=O) groups is 1. The largest absolute Gasteiger partial charge is 0.368 e. The minimum Gasteiger partial charge on any atom is -0.368 e. The Kier molecular flexibility index (Phi) is 1.91. The van der Waals surface area contributed by atoms with Crippen molar-refractivity contribution in [3.05, 3.63) is 18.0 Å². The van der Waals surface area contributed by atoms with Gasteiger partial charge < -0.3 is 11.5 Å². The monoisotopic (exact) mass is 154 g/mol. The van der Waals surface area contributed by atoms with Crippen LogP contribution in [0.3, 0.4) is 0 Å². The van der Waals surface area contributed by atoms with Crippen LogP contribution in [0.2, 0.25) is 0 Å². The molecule has 1 unspecified atom stereocenters. The van der Waals surface area contributed by atoms with E-state index in [4.69, 9.17) is 11.5 Å². The molecule has 60 valence electrons. The van der Waals surface area contributed by atoms with Gasteiger partial charge in [-0.15, -0.1) is 0 Å². The fraction of sp³-hybridized carbons (Fsp3) is 0.333. The highest BCUT2D eigenvalue weighted by Gasteiger charge is 2.12. The highest BCUT2D eigenvalue weighted by atomic mass is 16.1. The Morgan fingerprint density at radius 3 is 2.82 bits per heavy atom. The van der Waals surface area contributed by atoms with E-state index >= 15 is 0 Å². The van der Waals surface area contributed by atoms with E-state index in [0.717, 1.165) is 0 Å². The average Bonchev–Trinajstić information content (AvgIpc) is 2.34. The number of hydrogen-bond donors (Lipinski definition) is 2. The molecule has 11 heavy (non-hydrogen) atoms. The van der Waals surface area contributed by atoms with Gasteiger partial charge in [-0.3, -0.25) is 9.48 Å². The van der Waals surface area contributed by atoms with Crippen LogP contribution in [0.25, 0.3) is 0 Å². The van der Waals surface area contributed by atoms with Crippen molar-refractivity contribution in [3.63, 3.8) is 0 Å². The number of carbonyl (C=O) groups excluding carboxylic acids is 1. The predicted octanol–water partition coefficient (Wildman–Crippen LogP) is -1.09. The average molecular weight is 154 g/mol. The van der Waals surface area contributed by atoms with Crippen LogP contribution in [0.1, 0.15) is 11.6 Å². The second-order valence-electron chi connectivity index (χ2n) is 2.33. The van der Waals surface area contributed by atoms with Gasteiger partial charge in [-0.2, -0.15) is 5.10 Å². The molecule has 4 N–H and O–H groups in total. The lowest BCUT2D eigenvalue weighted by atomic mass is 10.2. The Labute approximate surface area is 64.0 Å². The Morgan fingerprint density at radius 1 is 1.82 bits per heavy atom. The summed E-state index contributed by atoms with van der Waals surface area (Å²) in [4.78, 5) is 10.6. The van der Waals surface area contributed by atoms with Gasteiger partial charge >= 0.3 is 0 Å². The van der Waals surface area contributed by atoms with Gasteiger partial charge in [0.2, 0.25) is 5.91 Å². The fourth-order valence-electron chi connectivity index (χ4n) is 0.765. The van der Waals surface area contributed by atoms with Crippen LogP contribution in [0.5, 0.6) is 0 Å². The Morgan fingerprint density at radius 2 is 2.45 bits per heavy atom. The van der Waals surface area contributed by atoms with E-state index in [0.29, 0.717) is 5.56 Å². The first-order valence-corrected chi connectivity index (χ1v) is 3.14. The number of rotatable bonds is 2. The summed E-state index contributed by atoms with van der Waals surface area (Å²) in [6, 6.07) is -0.747. The molecule has 0 spiro atoms. The van der Waals surface area contributed by atoms with Crippen LogP contribution in [0.4, 0.5) is 0 Å². The lowest BCUT2D eigenvalue weighted by Crippen LogP contribution is -2.27. The molecule has 1 amide bonds. The first-order chi connectivity index (χ1) is 5.11. The lowest BCUT2D eigenvalue weighted by molar-refractivity contribution is -0.119. The molecule has 5 nitrogen and oxygen atoms in total. The Bertz CT molecular complexity index is 267. The second kappa shape index (κ2) is 2.71. The highest BCUT2D eigenvalue weighted by molar-refractivity contribution is 5.80. The van der Waals surface area contributed by atoms with E-state index < -0.39 is 11.9 Å². The molecule has 0 saturated carbocycles. The highest BCUT2D eigenvalue weighted by Crippen LogP contribution is 2.06. The van der Waals surface area contributed by atoms with Crippen molar-refractivity contribution in [2.45, 2.75) is 6.04 Å². The molecule has 5 heteroatoms. The molecule has 1 rings (SSSR count). The topological polar surface area (TPSA) is 86.9 Å². The number of amides is 1. The summed E-state index contributed by atoms with van der Waals surface area (Å²) in [5.41, 5.74) is 11.0. The molecule has 0 aliphatic rings. The summed E-state index contributed by atoms with van der Waals surface area (Å²) >= 11 is 0. The molecule has 0 aliphatic heterocycles. The van der Waals surface area contributed by atoms with Crippen molar-refractivity contribution in [2.75, 3.05) is 0 Å². The number of hydrogen-bond acceptors (Lipinski definition) is 3. The van der Waals surface area contributed by atoms with Crippen molar-refractivity contribution in [1.29, 1.82) is 0 Å². The van der Waals surface area contributed by atoms with E-state index in [1.165, 1.54) is 6.20 Å². The Hall–Kier alpha value is -1.36. The van der Waals surface area contributed by atoms with E-state index in [1.807, 2.05) is 0 Å². The van der Waals surface area contributed by atoms with Crippen LogP contribution < -0.4 is 11.5 Å². The summed E-state index contributed by atoms with van der Waals surface area (Å²) in [7, 11) is 1.75. The van der Waals surface area contributed by atoms with Crippen LogP contribution in [-0.2, 0) is 11.8 Å². The zero-order chi connectivity index (χ0) is 8.43. The zero-order valence-corrected chi connectivity index (χ0v) is 6.19. The van der Waals surface area contributed by atoms with Crippen LogP contribution in [0.15, 0.2) is 12.4 Å². The number of aromatic nitrogens is 2. The lowest BCUT2D eigenvalue weighted by Gasteiger charge is -2.01. The van der Waals surface area contributed by atoms with E-state index in [2.05, 4.69) is 5.10 Å². The summed E-state index contributed by atoms with van der Waals surface area (Å²) in [6.07, 6.45) is 3.19. The van der Waals surface area contributed by atoms with Crippen LogP contribution >= 0.6 is 0 Å². The summed E-state index contributed by atoms with van der Waals surface area (Å²) in [6.45, 7) is 0. The number of aryl methyl sites for hydroxylation is 1. The number of nitrogens with zero attached hydrogens (tertiary/aromatic N) is 2. The first kappa shape index (κ1) is 7.74. The number of primary amides is 1. The zero-order valence-electron chi connectivity index (χ0n) is 6.19. The smallest absolute Gasteiger partial charge is 0.239 e.